The molecule has 0 radical (unpaired) electrons. The second-order valence-electron chi connectivity index (χ2n) is 12.3. The first-order valence-electron chi connectivity index (χ1n) is 12.7. The van der Waals surface area contributed by atoms with Gasteiger partial charge in [0.05, 0.1) is 11.7 Å². The van der Waals surface area contributed by atoms with E-state index in [1.165, 1.54) is 0 Å². The first kappa shape index (κ1) is 22.6. The summed E-state index contributed by atoms with van der Waals surface area (Å²) in [6.45, 7) is 4.78. The number of aryl methyl sites for hydroxylation is 1. The van der Waals surface area contributed by atoms with Crippen molar-refractivity contribution in [1.29, 1.82) is 0 Å². The quantitative estimate of drug-likeness (QED) is 0.690. The number of alkyl halides is 3. The Morgan fingerprint density at radius 2 is 1.67 bits per heavy atom. The van der Waals surface area contributed by atoms with E-state index in [4.69, 9.17) is 0 Å². The number of hydrogen-bond donors (Lipinski definition) is 1. The van der Waals surface area contributed by atoms with Gasteiger partial charge in [-0.15, -0.1) is 0 Å². The molecule has 5 aliphatic rings. The van der Waals surface area contributed by atoms with Crippen LogP contribution < -0.4 is 0 Å². The van der Waals surface area contributed by atoms with Crippen LogP contribution in [0.15, 0.2) is 12.4 Å². The smallest absolute Gasteiger partial charge is 0.382 e. The lowest BCUT2D eigenvalue weighted by molar-refractivity contribution is -0.146. The van der Waals surface area contributed by atoms with Crippen molar-refractivity contribution in [1.82, 2.24) is 34.3 Å². The van der Waals surface area contributed by atoms with E-state index in [1.807, 2.05) is 14.5 Å². The molecule has 2 aromatic rings. The molecule has 0 bridgehead atoms. The maximum atomic E-state index is 13.2. The van der Waals surface area contributed by atoms with E-state index in [1.54, 1.807) is 13.3 Å². The van der Waals surface area contributed by atoms with E-state index in [-0.39, 0.29) is 35.4 Å². The molecular formula is C24H30F3N7O2. The number of urea groups is 1. The van der Waals surface area contributed by atoms with Crippen molar-refractivity contribution in [2.45, 2.75) is 69.8 Å². The van der Waals surface area contributed by atoms with Gasteiger partial charge in [0.15, 0.2) is 5.82 Å². The molecule has 0 unspecified atom stereocenters. The molecule has 5 fully saturated rings. The minimum atomic E-state index is -4.39. The van der Waals surface area contributed by atoms with Gasteiger partial charge in [0, 0.05) is 43.6 Å². The van der Waals surface area contributed by atoms with Gasteiger partial charge in [-0.3, -0.25) is 4.68 Å². The molecule has 0 atom stereocenters. The Bertz CT molecular complexity index is 1200. The second kappa shape index (κ2) is 7.02. The summed E-state index contributed by atoms with van der Waals surface area (Å²) in [5.41, 5.74) is -0.872. The van der Waals surface area contributed by atoms with Crippen molar-refractivity contribution in [3.05, 3.63) is 29.6 Å². The molecule has 2 amide bonds. The summed E-state index contributed by atoms with van der Waals surface area (Å²) in [6.07, 6.45) is 2.39. The van der Waals surface area contributed by atoms with E-state index < -0.39 is 17.5 Å². The van der Waals surface area contributed by atoms with Crippen molar-refractivity contribution in [3.8, 4) is 0 Å². The second-order valence-corrected chi connectivity index (χ2v) is 12.3. The van der Waals surface area contributed by atoms with Gasteiger partial charge in [-0.05, 0) is 57.4 Å². The molecule has 36 heavy (non-hydrogen) atoms. The van der Waals surface area contributed by atoms with Crippen LogP contribution >= 0.6 is 0 Å². The molecule has 2 saturated heterocycles. The summed E-state index contributed by atoms with van der Waals surface area (Å²) >= 11 is 0. The van der Waals surface area contributed by atoms with Crippen molar-refractivity contribution in [2.24, 2.45) is 16.7 Å². The van der Waals surface area contributed by atoms with Crippen molar-refractivity contribution >= 4 is 6.03 Å². The standard InChI is InChI=1S/C24H30F3N7O2/c1-15-4-18(24(25,26)27)33(29-15)9-16-5-21(6-16)10-31(11-21)20(35)32-12-22(13-32)7-17(8-22)34-14-28-19(30-34)23(36)2-3-23/h4,14,16-17,36H,2-3,5-13H2,1H3. The van der Waals surface area contributed by atoms with Gasteiger partial charge in [0.1, 0.15) is 17.6 Å². The molecule has 7 rings (SSSR count). The Labute approximate surface area is 206 Å². The minimum absolute atomic E-state index is 0.0709. The third-order valence-electron chi connectivity index (χ3n) is 9.07. The summed E-state index contributed by atoms with van der Waals surface area (Å²) in [4.78, 5) is 21.0. The zero-order valence-corrected chi connectivity index (χ0v) is 20.2. The van der Waals surface area contributed by atoms with Gasteiger partial charge in [-0.2, -0.15) is 23.4 Å². The highest BCUT2D eigenvalue weighted by Crippen LogP contribution is 2.56. The SMILES string of the molecule is Cc1cc(C(F)(F)F)n(CC2CC3(C2)CN(C(=O)N2CC4(CC(n5cnc(C6(O)CC6)n5)C4)C2)C3)n1. The highest BCUT2D eigenvalue weighted by Gasteiger charge is 2.59. The predicted molar refractivity (Wildman–Crippen MR) is 120 cm³/mol. The Morgan fingerprint density at radius 1 is 1.06 bits per heavy atom. The molecule has 9 nitrogen and oxygen atoms in total. The number of carbonyl (C=O) groups is 1. The lowest BCUT2D eigenvalue weighted by atomic mass is 9.57. The normalized spacial score (nSPS) is 25.9. The molecular weight excluding hydrogens is 475 g/mol. The summed E-state index contributed by atoms with van der Waals surface area (Å²) in [7, 11) is 0. The maximum absolute atomic E-state index is 13.2. The maximum Gasteiger partial charge on any atom is 0.433 e. The zero-order valence-electron chi connectivity index (χ0n) is 20.2. The average molecular weight is 506 g/mol. The molecule has 0 aromatic carbocycles. The highest BCUT2D eigenvalue weighted by molar-refractivity contribution is 5.77. The molecule has 4 heterocycles. The summed E-state index contributed by atoms with van der Waals surface area (Å²) in [6, 6.07) is 1.46. The number of nitrogens with zero attached hydrogens (tertiary/aromatic N) is 7. The number of aromatic nitrogens is 5. The molecule has 2 aromatic heterocycles. The largest absolute Gasteiger partial charge is 0.433 e. The fraction of sp³-hybridized carbons (Fsp3) is 0.750. The molecule has 3 aliphatic carbocycles. The van der Waals surface area contributed by atoms with Gasteiger partial charge in [-0.1, -0.05) is 0 Å². The third kappa shape index (κ3) is 3.47. The van der Waals surface area contributed by atoms with Crippen LogP contribution in [-0.2, 0) is 18.3 Å². The molecule has 12 heteroatoms. The van der Waals surface area contributed by atoms with Crippen LogP contribution in [0.4, 0.5) is 18.0 Å². The van der Waals surface area contributed by atoms with Gasteiger partial charge < -0.3 is 14.9 Å². The molecule has 2 spiro atoms. The first-order valence-corrected chi connectivity index (χ1v) is 12.7. The van der Waals surface area contributed by atoms with Gasteiger partial charge in [0.25, 0.3) is 0 Å². The number of amides is 2. The summed E-state index contributed by atoms with van der Waals surface area (Å²) in [5.74, 6) is 0.694. The van der Waals surface area contributed by atoms with Crippen LogP contribution in [0.1, 0.15) is 61.8 Å². The van der Waals surface area contributed by atoms with Crippen LogP contribution in [0.3, 0.4) is 0 Å². The first-order chi connectivity index (χ1) is 16.9. The Kier molecular flexibility index (Phi) is 4.40. The van der Waals surface area contributed by atoms with Gasteiger partial charge in [0.2, 0.25) is 0 Å². The number of likely N-dealkylation sites (tertiary alicyclic amines) is 2. The molecule has 1 N–H and O–H groups in total. The number of halogens is 3. The Hall–Kier alpha value is -2.63. The Balaban J connectivity index is 0.862. The molecule has 194 valence electrons. The van der Waals surface area contributed by atoms with Crippen molar-refractivity contribution in [3.63, 3.8) is 0 Å². The monoisotopic (exact) mass is 505 g/mol. The van der Waals surface area contributed by atoms with E-state index in [0.29, 0.717) is 24.6 Å². The van der Waals surface area contributed by atoms with Crippen LogP contribution in [0, 0.1) is 23.7 Å². The van der Waals surface area contributed by atoms with Crippen LogP contribution in [-0.4, -0.2) is 71.7 Å². The summed E-state index contributed by atoms with van der Waals surface area (Å²) < 4.78 is 42.7. The Morgan fingerprint density at radius 3 is 2.25 bits per heavy atom. The number of aliphatic hydroxyl groups is 1. The van der Waals surface area contributed by atoms with E-state index in [2.05, 4.69) is 15.2 Å². The van der Waals surface area contributed by atoms with Crippen LogP contribution in [0.5, 0.6) is 0 Å². The number of rotatable bonds is 4. The highest BCUT2D eigenvalue weighted by atomic mass is 19.4. The zero-order chi connectivity index (χ0) is 25.1. The predicted octanol–water partition coefficient (Wildman–Crippen LogP) is 2.95. The fourth-order valence-corrected chi connectivity index (χ4v) is 7.10. The van der Waals surface area contributed by atoms with Crippen molar-refractivity contribution in [2.75, 3.05) is 26.2 Å². The van der Waals surface area contributed by atoms with Gasteiger partial charge >= 0.3 is 12.2 Å². The molecule has 3 saturated carbocycles. The summed E-state index contributed by atoms with van der Waals surface area (Å²) in [5, 5.41) is 18.7. The van der Waals surface area contributed by atoms with Crippen LogP contribution in [0.25, 0.3) is 0 Å². The molecule has 2 aliphatic heterocycles. The third-order valence-corrected chi connectivity index (χ3v) is 9.07. The topological polar surface area (TPSA) is 92.3 Å². The van der Waals surface area contributed by atoms with Crippen molar-refractivity contribution < 1.29 is 23.1 Å². The van der Waals surface area contributed by atoms with E-state index >= 15 is 0 Å². The fourth-order valence-electron chi connectivity index (χ4n) is 7.10. The average Bonchev–Trinajstić information content (AvgIpc) is 3.08. The number of carbonyl (C=O) groups excluding carboxylic acids is 1. The van der Waals surface area contributed by atoms with Gasteiger partial charge in [-0.25, -0.2) is 14.5 Å². The van der Waals surface area contributed by atoms with E-state index in [0.717, 1.165) is 62.4 Å². The van der Waals surface area contributed by atoms with Crippen LogP contribution in [0.2, 0.25) is 0 Å². The lowest BCUT2D eigenvalue weighted by Crippen LogP contribution is -2.71. The lowest BCUT2D eigenvalue weighted by Gasteiger charge is -2.63. The minimum Gasteiger partial charge on any atom is -0.382 e. The van der Waals surface area contributed by atoms with E-state index in [9.17, 15) is 23.1 Å². The number of hydrogen-bond acceptors (Lipinski definition) is 5.